The predicted octanol–water partition coefficient (Wildman–Crippen LogP) is 3.53. The average Bonchev–Trinajstić information content (AvgIpc) is 2.86. The summed E-state index contributed by atoms with van der Waals surface area (Å²) in [7, 11) is 0. The third-order valence-electron chi connectivity index (χ3n) is 4.14. The number of rotatable bonds is 1. The Hall–Kier alpha value is -1.87. The van der Waals surface area contributed by atoms with Crippen LogP contribution in [0.25, 0.3) is 21.8 Å². The van der Waals surface area contributed by atoms with Gasteiger partial charge in [0.05, 0.1) is 0 Å². The highest BCUT2D eigenvalue weighted by atomic mass is 14.9. The first kappa shape index (κ1) is 11.0. The first-order valence-electron chi connectivity index (χ1n) is 7.00. The summed E-state index contributed by atoms with van der Waals surface area (Å²) in [5.74, 6) is 0. The molecule has 0 radical (unpaired) electrons. The lowest BCUT2D eigenvalue weighted by atomic mass is 9.97. The Kier molecular flexibility index (Phi) is 2.52. The molecule has 3 heteroatoms. The van der Waals surface area contributed by atoms with E-state index >= 15 is 0 Å². The van der Waals surface area contributed by atoms with Crippen molar-refractivity contribution in [2.24, 2.45) is 0 Å². The molecule has 1 aliphatic heterocycles. The Morgan fingerprint density at radius 1 is 1.05 bits per heavy atom. The van der Waals surface area contributed by atoms with Gasteiger partial charge in [-0.2, -0.15) is 0 Å². The SMILES string of the molecule is c1cc2[nH]c3cc(C4CCCCN4)ccc3c2cn1. The van der Waals surface area contributed by atoms with E-state index < -0.39 is 0 Å². The van der Waals surface area contributed by atoms with Crippen molar-refractivity contribution in [1.29, 1.82) is 0 Å². The molecule has 0 spiro atoms. The van der Waals surface area contributed by atoms with Gasteiger partial charge in [-0.1, -0.05) is 18.6 Å². The fraction of sp³-hybridized carbons (Fsp3) is 0.312. The third kappa shape index (κ3) is 1.81. The number of fused-ring (bicyclic) bond motifs is 3. The molecule has 1 aliphatic rings. The van der Waals surface area contributed by atoms with Crippen LogP contribution in [-0.2, 0) is 0 Å². The van der Waals surface area contributed by atoms with Gasteiger partial charge in [0, 0.05) is 40.2 Å². The molecule has 1 aromatic carbocycles. The number of nitrogens with one attached hydrogen (secondary N) is 2. The average molecular weight is 251 g/mol. The smallest absolute Gasteiger partial charge is 0.0495 e. The second-order valence-corrected chi connectivity index (χ2v) is 5.35. The molecule has 1 saturated heterocycles. The van der Waals surface area contributed by atoms with E-state index in [2.05, 4.69) is 33.5 Å². The fourth-order valence-electron chi connectivity index (χ4n) is 3.12. The van der Waals surface area contributed by atoms with Crippen LogP contribution in [0.1, 0.15) is 30.9 Å². The van der Waals surface area contributed by atoms with Crippen LogP contribution in [0.5, 0.6) is 0 Å². The van der Waals surface area contributed by atoms with Gasteiger partial charge in [-0.15, -0.1) is 0 Å². The molecule has 3 aromatic rings. The van der Waals surface area contributed by atoms with E-state index in [1.54, 1.807) is 0 Å². The summed E-state index contributed by atoms with van der Waals surface area (Å²) in [5, 5.41) is 6.08. The number of aromatic nitrogens is 2. The van der Waals surface area contributed by atoms with Crippen LogP contribution in [0.4, 0.5) is 0 Å². The molecule has 3 heterocycles. The highest BCUT2D eigenvalue weighted by molar-refractivity contribution is 6.06. The van der Waals surface area contributed by atoms with Gasteiger partial charge >= 0.3 is 0 Å². The number of pyridine rings is 1. The van der Waals surface area contributed by atoms with E-state index in [1.165, 1.54) is 46.6 Å². The summed E-state index contributed by atoms with van der Waals surface area (Å²) in [6, 6.07) is 9.32. The normalized spacial score (nSPS) is 20.1. The quantitative estimate of drug-likeness (QED) is 0.694. The van der Waals surface area contributed by atoms with Gasteiger partial charge in [-0.25, -0.2) is 0 Å². The molecule has 2 N–H and O–H groups in total. The summed E-state index contributed by atoms with van der Waals surface area (Å²) >= 11 is 0. The largest absolute Gasteiger partial charge is 0.354 e. The zero-order valence-electron chi connectivity index (χ0n) is 10.8. The van der Waals surface area contributed by atoms with Gasteiger partial charge in [-0.3, -0.25) is 4.98 Å². The summed E-state index contributed by atoms with van der Waals surface area (Å²) < 4.78 is 0. The van der Waals surface area contributed by atoms with Crippen molar-refractivity contribution in [2.45, 2.75) is 25.3 Å². The fourth-order valence-corrected chi connectivity index (χ4v) is 3.12. The summed E-state index contributed by atoms with van der Waals surface area (Å²) in [4.78, 5) is 7.70. The zero-order valence-corrected chi connectivity index (χ0v) is 10.8. The maximum Gasteiger partial charge on any atom is 0.0495 e. The van der Waals surface area contributed by atoms with Gasteiger partial charge < -0.3 is 10.3 Å². The lowest BCUT2D eigenvalue weighted by Gasteiger charge is -2.23. The van der Waals surface area contributed by atoms with E-state index in [0.29, 0.717) is 6.04 Å². The first-order valence-corrected chi connectivity index (χ1v) is 7.00. The molecule has 1 fully saturated rings. The molecule has 1 atom stereocenters. The van der Waals surface area contributed by atoms with Crippen molar-refractivity contribution in [3.8, 4) is 0 Å². The molecular formula is C16H17N3. The number of H-pyrrole nitrogens is 1. The highest BCUT2D eigenvalue weighted by Crippen LogP contribution is 2.29. The van der Waals surface area contributed by atoms with Gasteiger partial charge in [0.25, 0.3) is 0 Å². The van der Waals surface area contributed by atoms with Crippen LogP contribution in [0.3, 0.4) is 0 Å². The zero-order chi connectivity index (χ0) is 12.7. The summed E-state index contributed by atoms with van der Waals surface area (Å²) in [5.41, 5.74) is 3.78. The molecule has 0 saturated carbocycles. The monoisotopic (exact) mass is 251 g/mol. The van der Waals surface area contributed by atoms with Crippen LogP contribution >= 0.6 is 0 Å². The number of nitrogens with zero attached hydrogens (tertiary/aromatic N) is 1. The van der Waals surface area contributed by atoms with Crippen LogP contribution in [0.2, 0.25) is 0 Å². The lowest BCUT2D eigenvalue weighted by molar-refractivity contribution is 0.412. The van der Waals surface area contributed by atoms with Gasteiger partial charge in [0.1, 0.15) is 0 Å². The molecule has 19 heavy (non-hydrogen) atoms. The van der Waals surface area contributed by atoms with Gasteiger partial charge in [0.2, 0.25) is 0 Å². The van der Waals surface area contributed by atoms with Crippen molar-refractivity contribution in [3.63, 3.8) is 0 Å². The van der Waals surface area contributed by atoms with Crippen LogP contribution in [0.15, 0.2) is 36.7 Å². The van der Waals surface area contributed by atoms with Crippen molar-refractivity contribution < 1.29 is 0 Å². The Morgan fingerprint density at radius 2 is 2.05 bits per heavy atom. The lowest BCUT2D eigenvalue weighted by Crippen LogP contribution is -2.26. The molecular weight excluding hydrogens is 234 g/mol. The Bertz CT molecular complexity index is 723. The molecule has 1 unspecified atom stereocenters. The predicted molar refractivity (Wildman–Crippen MR) is 78.2 cm³/mol. The van der Waals surface area contributed by atoms with Crippen molar-refractivity contribution in [1.82, 2.24) is 15.3 Å². The van der Waals surface area contributed by atoms with Crippen molar-refractivity contribution in [2.75, 3.05) is 6.54 Å². The summed E-state index contributed by atoms with van der Waals surface area (Å²) in [6.45, 7) is 1.14. The maximum absolute atomic E-state index is 4.22. The van der Waals surface area contributed by atoms with Crippen LogP contribution in [-0.4, -0.2) is 16.5 Å². The molecule has 2 aromatic heterocycles. The molecule has 0 aliphatic carbocycles. The van der Waals surface area contributed by atoms with E-state index in [0.717, 1.165) is 6.54 Å². The third-order valence-corrected chi connectivity index (χ3v) is 4.14. The Balaban J connectivity index is 1.84. The molecule has 0 bridgehead atoms. The highest BCUT2D eigenvalue weighted by Gasteiger charge is 2.15. The van der Waals surface area contributed by atoms with Crippen molar-refractivity contribution >= 4 is 21.8 Å². The second-order valence-electron chi connectivity index (χ2n) is 5.35. The number of benzene rings is 1. The number of hydrogen-bond acceptors (Lipinski definition) is 2. The Labute approximate surface area is 112 Å². The second kappa shape index (κ2) is 4.35. The van der Waals surface area contributed by atoms with Crippen LogP contribution < -0.4 is 5.32 Å². The molecule has 96 valence electrons. The standard InChI is InChI=1S/C16H17N3/c1-2-7-18-14(3-1)11-4-5-12-13-10-17-8-6-15(13)19-16(12)9-11/h4-6,8-10,14,18-19H,1-3,7H2. The van der Waals surface area contributed by atoms with E-state index in [4.69, 9.17) is 0 Å². The number of hydrogen-bond donors (Lipinski definition) is 2. The number of aromatic amines is 1. The van der Waals surface area contributed by atoms with Crippen molar-refractivity contribution in [3.05, 3.63) is 42.2 Å². The van der Waals surface area contributed by atoms with Gasteiger partial charge in [-0.05, 0) is 37.1 Å². The maximum atomic E-state index is 4.22. The topological polar surface area (TPSA) is 40.7 Å². The minimum Gasteiger partial charge on any atom is -0.354 e. The minimum absolute atomic E-state index is 0.516. The van der Waals surface area contributed by atoms with E-state index in [9.17, 15) is 0 Å². The summed E-state index contributed by atoms with van der Waals surface area (Å²) in [6.07, 6.45) is 7.64. The minimum atomic E-state index is 0.516. The first-order chi connectivity index (χ1) is 9.42. The molecule has 3 nitrogen and oxygen atoms in total. The number of piperidine rings is 1. The van der Waals surface area contributed by atoms with E-state index in [1.807, 2.05) is 18.5 Å². The Morgan fingerprint density at radius 3 is 2.95 bits per heavy atom. The molecule has 4 rings (SSSR count). The molecule has 0 amide bonds. The van der Waals surface area contributed by atoms with Crippen LogP contribution in [0, 0.1) is 0 Å². The van der Waals surface area contributed by atoms with Gasteiger partial charge in [0.15, 0.2) is 0 Å². The van der Waals surface area contributed by atoms with E-state index in [-0.39, 0.29) is 0 Å².